The molecule has 0 radical (unpaired) electrons. The Morgan fingerprint density at radius 1 is 1.31 bits per heavy atom. The van der Waals surface area contributed by atoms with E-state index in [1.54, 1.807) is 19.1 Å². The van der Waals surface area contributed by atoms with Crippen molar-refractivity contribution in [3.05, 3.63) is 29.3 Å². The van der Waals surface area contributed by atoms with Gasteiger partial charge in [0.2, 0.25) is 0 Å². The van der Waals surface area contributed by atoms with Gasteiger partial charge in [-0.1, -0.05) is 28.1 Å². The van der Waals surface area contributed by atoms with Gasteiger partial charge in [-0.3, -0.25) is 0 Å². The van der Waals surface area contributed by atoms with Gasteiger partial charge in [-0.05, 0) is 37.0 Å². The SMILES string of the molecule is Cc1cccc(OC(F)(F)F)c1CCCBr. The summed E-state index contributed by atoms with van der Waals surface area (Å²) in [6, 6.07) is 4.70. The van der Waals surface area contributed by atoms with Gasteiger partial charge < -0.3 is 4.74 Å². The molecule has 90 valence electrons. The summed E-state index contributed by atoms with van der Waals surface area (Å²) in [4.78, 5) is 0. The van der Waals surface area contributed by atoms with Crippen LogP contribution in [-0.4, -0.2) is 11.7 Å². The third-order valence-corrected chi connectivity index (χ3v) is 2.71. The molecule has 0 fully saturated rings. The Labute approximate surface area is 101 Å². The van der Waals surface area contributed by atoms with Crippen LogP contribution >= 0.6 is 15.9 Å². The molecule has 0 saturated heterocycles. The average molecular weight is 297 g/mol. The summed E-state index contributed by atoms with van der Waals surface area (Å²) in [7, 11) is 0. The molecule has 0 aliphatic carbocycles. The molecule has 0 aliphatic heterocycles. The molecule has 0 heterocycles. The number of rotatable bonds is 4. The van der Waals surface area contributed by atoms with E-state index in [1.807, 2.05) is 0 Å². The summed E-state index contributed by atoms with van der Waals surface area (Å²) in [5.74, 6) is -0.0894. The van der Waals surface area contributed by atoms with Gasteiger partial charge in [0.1, 0.15) is 5.75 Å². The lowest BCUT2D eigenvalue weighted by molar-refractivity contribution is -0.274. The molecule has 16 heavy (non-hydrogen) atoms. The average Bonchev–Trinajstić information content (AvgIpc) is 2.14. The maximum Gasteiger partial charge on any atom is 0.573 e. The first-order chi connectivity index (χ1) is 7.44. The molecule has 0 atom stereocenters. The third-order valence-electron chi connectivity index (χ3n) is 2.15. The third kappa shape index (κ3) is 4.04. The summed E-state index contributed by atoms with van der Waals surface area (Å²) in [5.41, 5.74) is 1.45. The summed E-state index contributed by atoms with van der Waals surface area (Å²) < 4.78 is 40.4. The van der Waals surface area contributed by atoms with Crippen LogP contribution in [0.4, 0.5) is 13.2 Å². The van der Waals surface area contributed by atoms with Crippen molar-refractivity contribution in [3.63, 3.8) is 0 Å². The monoisotopic (exact) mass is 296 g/mol. The molecule has 0 amide bonds. The van der Waals surface area contributed by atoms with Gasteiger partial charge in [-0.25, -0.2) is 0 Å². The van der Waals surface area contributed by atoms with Crippen LogP contribution in [0.1, 0.15) is 17.5 Å². The summed E-state index contributed by atoms with van der Waals surface area (Å²) in [6.45, 7) is 1.78. The predicted octanol–water partition coefficient (Wildman–Crippen LogP) is 4.22. The second kappa shape index (κ2) is 5.57. The topological polar surface area (TPSA) is 9.23 Å². The Bertz CT molecular complexity index is 350. The fourth-order valence-electron chi connectivity index (χ4n) is 1.46. The van der Waals surface area contributed by atoms with Crippen LogP contribution in [0, 0.1) is 6.92 Å². The van der Waals surface area contributed by atoms with Crippen molar-refractivity contribution in [1.29, 1.82) is 0 Å². The van der Waals surface area contributed by atoms with Crippen molar-refractivity contribution in [3.8, 4) is 5.75 Å². The molecular weight excluding hydrogens is 285 g/mol. The van der Waals surface area contributed by atoms with Crippen LogP contribution in [0.2, 0.25) is 0 Å². The second-order valence-corrected chi connectivity index (χ2v) is 4.18. The molecular formula is C11H12BrF3O. The van der Waals surface area contributed by atoms with E-state index in [-0.39, 0.29) is 5.75 Å². The minimum atomic E-state index is -4.63. The van der Waals surface area contributed by atoms with Crippen molar-refractivity contribution >= 4 is 15.9 Å². The lowest BCUT2D eigenvalue weighted by atomic mass is 10.0. The van der Waals surface area contributed by atoms with Crippen LogP contribution in [0.25, 0.3) is 0 Å². The van der Waals surface area contributed by atoms with Crippen LogP contribution in [0.5, 0.6) is 5.75 Å². The van der Waals surface area contributed by atoms with Gasteiger partial charge in [-0.2, -0.15) is 0 Å². The number of hydrogen-bond acceptors (Lipinski definition) is 1. The lowest BCUT2D eigenvalue weighted by Crippen LogP contribution is -2.18. The molecule has 5 heteroatoms. The van der Waals surface area contributed by atoms with E-state index >= 15 is 0 Å². The lowest BCUT2D eigenvalue weighted by Gasteiger charge is -2.14. The normalized spacial score (nSPS) is 11.6. The van der Waals surface area contributed by atoms with Gasteiger partial charge in [-0.15, -0.1) is 13.2 Å². The molecule has 0 aliphatic rings. The Morgan fingerprint density at radius 3 is 2.56 bits per heavy atom. The van der Waals surface area contributed by atoms with E-state index in [0.29, 0.717) is 12.0 Å². The maximum atomic E-state index is 12.1. The van der Waals surface area contributed by atoms with Gasteiger partial charge in [0, 0.05) is 5.33 Å². The molecule has 1 rings (SSSR count). The van der Waals surface area contributed by atoms with Crippen LogP contribution in [0.15, 0.2) is 18.2 Å². The molecule has 0 bridgehead atoms. The Balaban J connectivity index is 2.93. The van der Waals surface area contributed by atoms with Crippen molar-refractivity contribution in [2.24, 2.45) is 0 Å². The molecule has 0 aromatic heterocycles. The largest absolute Gasteiger partial charge is 0.573 e. The number of aryl methyl sites for hydroxylation is 1. The minimum absolute atomic E-state index is 0.0894. The highest BCUT2D eigenvalue weighted by Gasteiger charge is 2.32. The number of benzene rings is 1. The Hall–Kier alpha value is -0.710. The number of ether oxygens (including phenoxy) is 1. The zero-order chi connectivity index (χ0) is 12.2. The molecule has 0 spiro atoms. The van der Waals surface area contributed by atoms with Crippen LogP contribution in [-0.2, 0) is 6.42 Å². The van der Waals surface area contributed by atoms with E-state index in [4.69, 9.17) is 0 Å². The van der Waals surface area contributed by atoms with Crippen molar-refractivity contribution in [2.75, 3.05) is 5.33 Å². The zero-order valence-corrected chi connectivity index (χ0v) is 10.4. The maximum absolute atomic E-state index is 12.1. The smallest absolute Gasteiger partial charge is 0.405 e. The fourth-order valence-corrected chi connectivity index (χ4v) is 1.74. The standard InChI is InChI=1S/C11H12BrF3O/c1-8-4-2-6-10(16-11(13,14)15)9(8)5-3-7-12/h2,4,6H,3,5,7H2,1H3. The Morgan fingerprint density at radius 2 is 2.00 bits per heavy atom. The number of halogens is 4. The molecule has 0 unspecified atom stereocenters. The zero-order valence-electron chi connectivity index (χ0n) is 8.77. The van der Waals surface area contributed by atoms with Gasteiger partial charge in [0.25, 0.3) is 0 Å². The highest BCUT2D eigenvalue weighted by molar-refractivity contribution is 9.09. The van der Waals surface area contributed by atoms with Gasteiger partial charge in [0.05, 0.1) is 0 Å². The first-order valence-corrected chi connectivity index (χ1v) is 5.96. The number of hydrogen-bond donors (Lipinski definition) is 0. The minimum Gasteiger partial charge on any atom is -0.405 e. The summed E-state index contributed by atoms with van der Waals surface area (Å²) in [5, 5.41) is 0.757. The highest BCUT2D eigenvalue weighted by atomic mass is 79.9. The summed E-state index contributed by atoms with van der Waals surface area (Å²) >= 11 is 3.25. The first kappa shape index (κ1) is 13.4. The van der Waals surface area contributed by atoms with E-state index in [0.717, 1.165) is 17.3 Å². The van der Waals surface area contributed by atoms with Crippen LogP contribution < -0.4 is 4.74 Å². The number of alkyl halides is 4. The fraction of sp³-hybridized carbons (Fsp3) is 0.455. The van der Waals surface area contributed by atoms with Crippen LogP contribution in [0.3, 0.4) is 0 Å². The predicted molar refractivity (Wildman–Crippen MR) is 60.0 cm³/mol. The van der Waals surface area contributed by atoms with E-state index in [1.165, 1.54) is 6.07 Å². The van der Waals surface area contributed by atoms with E-state index in [9.17, 15) is 13.2 Å². The van der Waals surface area contributed by atoms with E-state index in [2.05, 4.69) is 20.7 Å². The molecule has 1 aromatic carbocycles. The Kier molecular flexibility index (Phi) is 4.65. The molecule has 0 N–H and O–H groups in total. The van der Waals surface area contributed by atoms with Crippen molar-refractivity contribution in [1.82, 2.24) is 0 Å². The van der Waals surface area contributed by atoms with Crippen molar-refractivity contribution in [2.45, 2.75) is 26.1 Å². The van der Waals surface area contributed by atoms with Gasteiger partial charge in [0.15, 0.2) is 0 Å². The molecule has 1 aromatic rings. The molecule has 0 saturated carbocycles. The first-order valence-electron chi connectivity index (χ1n) is 4.84. The quantitative estimate of drug-likeness (QED) is 0.756. The van der Waals surface area contributed by atoms with Crippen molar-refractivity contribution < 1.29 is 17.9 Å². The van der Waals surface area contributed by atoms with E-state index < -0.39 is 6.36 Å². The molecule has 1 nitrogen and oxygen atoms in total. The summed E-state index contributed by atoms with van der Waals surface area (Å²) in [6.07, 6.45) is -3.28. The second-order valence-electron chi connectivity index (χ2n) is 3.39. The van der Waals surface area contributed by atoms with Gasteiger partial charge >= 0.3 is 6.36 Å². The highest BCUT2D eigenvalue weighted by Crippen LogP contribution is 2.29.